The van der Waals surface area contributed by atoms with Crippen molar-refractivity contribution in [1.29, 1.82) is 0 Å². The Balaban J connectivity index is 2.05. The molecule has 1 aromatic rings. The molecule has 0 radical (unpaired) electrons. The number of hydrogen-bond acceptors (Lipinski definition) is 1. The molecule has 1 unspecified atom stereocenters. The second-order valence-corrected chi connectivity index (χ2v) is 5.66. The lowest BCUT2D eigenvalue weighted by atomic mass is 9.82. The fraction of sp³-hybridized carbons (Fsp3) is 0.625. The van der Waals surface area contributed by atoms with Crippen molar-refractivity contribution in [2.24, 2.45) is 5.92 Å². The quantitative estimate of drug-likeness (QED) is 0.817. The van der Waals surface area contributed by atoms with Crippen LogP contribution < -0.4 is 0 Å². The third-order valence-corrected chi connectivity index (χ3v) is 4.04. The maximum atomic E-state index is 10.4. The molecule has 1 atom stereocenters. The predicted octanol–water partition coefficient (Wildman–Crippen LogP) is 4.42. The van der Waals surface area contributed by atoms with E-state index in [0.29, 0.717) is 11.8 Å². The largest absolute Gasteiger partial charge is 0.388 e. The van der Waals surface area contributed by atoms with E-state index in [0.717, 1.165) is 5.56 Å². The van der Waals surface area contributed by atoms with Gasteiger partial charge >= 0.3 is 0 Å². The van der Waals surface area contributed by atoms with Crippen LogP contribution in [0.4, 0.5) is 0 Å². The molecule has 0 amide bonds. The number of rotatable bonds is 3. The molecular formula is C16H24O. The predicted molar refractivity (Wildman–Crippen MR) is 72.1 cm³/mol. The summed E-state index contributed by atoms with van der Waals surface area (Å²) in [5.74, 6) is 1.05. The molecule has 17 heavy (non-hydrogen) atoms. The molecule has 0 aromatic heterocycles. The summed E-state index contributed by atoms with van der Waals surface area (Å²) in [5.41, 5.74) is 2.45. The van der Waals surface area contributed by atoms with Gasteiger partial charge in [-0.1, -0.05) is 57.4 Å². The third-order valence-electron chi connectivity index (χ3n) is 4.04. The zero-order chi connectivity index (χ0) is 12.3. The molecule has 1 heteroatoms. The van der Waals surface area contributed by atoms with Crippen LogP contribution >= 0.6 is 0 Å². The molecule has 0 saturated heterocycles. The average Bonchev–Trinajstić information content (AvgIpc) is 2.39. The maximum absolute atomic E-state index is 10.4. The highest BCUT2D eigenvalue weighted by Crippen LogP contribution is 2.34. The summed E-state index contributed by atoms with van der Waals surface area (Å²) in [4.78, 5) is 0. The third kappa shape index (κ3) is 3.10. The molecule has 1 fully saturated rings. The maximum Gasteiger partial charge on any atom is 0.0818 e. The van der Waals surface area contributed by atoms with Crippen LogP contribution in [0.15, 0.2) is 24.3 Å². The molecule has 1 aliphatic rings. The van der Waals surface area contributed by atoms with E-state index in [4.69, 9.17) is 0 Å². The smallest absolute Gasteiger partial charge is 0.0818 e. The summed E-state index contributed by atoms with van der Waals surface area (Å²) in [7, 11) is 0. The van der Waals surface area contributed by atoms with Crippen molar-refractivity contribution >= 4 is 0 Å². The Kier molecular flexibility index (Phi) is 4.22. The molecule has 94 valence electrons. The van der Waals surface area contributed by atoms with Crippen LogP contribution in [0.3, 0.4) is 0 Å². The van der Waals surface area contributed by atoms with E-state index in [-0.39, 0.29) is 6.10 Å². The van der Waals surface area contributed by atoms with E-state index < -0.39 is 0 Å². The Labute approximate surface area is 105 Å². The first kappa shape index (κ1) is 12.6. The summed E-state index contributed by atoms with van der Waals surface area (Å²) < 4.78 is 0. The Hall–Kier alpha value is -0.820. The second kappa shape index (κ2) is 5.68. The SMILES string of the molecule is CC(C)c1ccc(C(O)C2CCCCC2)cc1. The van der Waals surface area contributed by atoms with Gasteiger partial charge in [-0.3, -0.25) is 0 Å². The first-order valence-corrected chi connectivity index (χ1v) is 6.96. The highest BCUT2D eigenvalue weighted by Gasteiger charge is 2.22. The van der Waals surface area contributed by atoms with Crippen LogP contribution in [0.2, 0.25) is 0 Å². The Morgan fingerprint density at radius 3 is 2.00 bits per heavy atom. The zero-order valence-electron chi connectivity index (χ0n) is 11.0. The highest BCUT2D eigenvalue weighted by molar-refractivity contribution is 5.26. The lowest BCUT2D eigenvalue weighted by Gasteiger charge is -2.27. The molecule has 0 aliphatic heterocycles. The van der Waals surface area contributed by atoms with E-state index >= 15 is 0 Å². The van der Waals surface area contributed by atoms with Crippen molar-refractivity contribution in [3.63, 3.8) is 0 Å². The molecule has 1 aliphatic carbocycles. The van der Waals surface area contributed by atoms with Gasteiger partial charge in [0, 0.05) is 0 Å². The van der Waals surface area contributed by atoms with Gasteiger partial charge in [0.15, 0.2) is 0 Å². The van der Waals surface area contributed by atoms with Crippen LogP contribution in [0.25, 0.3) is 0 Å². The van der Waals surface area contributed by atoms with Gasteiger partial charge in [-0.25, -0.2) is 0 Å². The van der Waals surface area contributed by atoms with E-state index in [1.807, 2.05) is 0 Å². The Morgan fingerprint density at radius 1 is 0.941 bits per heavy atom. The Bertz CT molecular complexity index is 333. The van der Waals surface area contributed by atoms with Crippen molar-refractivity contribution in [2.45, 2.75) is 58.0 Å². The molecule has 1 nitrogen and oxygen atoms in total. The molecule has 0 heterocycles. The van der Waals surface area contributed by atoms with Crippen molar-refractivity contribution in [3.8, 4) is 0 Å². The van der Waals surface area contributed by atoms with Gasteiger partial charge < -0.3 is 5.11 Å². The van der Waals surface area contributed by atoms with Gasteiger partial charge in [-0.15, -0.1) is 0 Å². The van der Waals surface area contributed by atoms with E-state index in [2.05, 4.69) is 38.1 Å². The molecule has 1 saturated carbocycles. The standard InChI is InChI=1S/C16H24O/c1-12(2)13-8-10-15(11-9-13)16(17)14-6-4-3-5-7-14/h8-12,14,16-17H,3-7H2,1-2H3. The summed E-state index contributed by atoms with van der Waals surface area (Å²) in [5, 5.41) is 10.4. The van der Waals surface area contributed by atoms with Gasteiger partial charge in [0.1, 0.15) is 0 Å². The van der Waals surface area contributed by atoms with E-state index in [1.165, 1.54) is 37.7 Å². The minimum atomic E-state index is -0.253. The van der Waals surface area contributed by atoms with Gasteiger partial charge in [0.05, 0.1) is 6.10 Å². The lowest BCUT2D eigenvalue weighted by Crippen LogP contribution is -2.15. The lowest BCUT2D eigenvalue weighted by molar-refractivity contribution is 0.0848. The van der Waals surface area contributed by atoms with Crippen LogP contribution in [0.5, 0.6) is 0 Å². The normalized spacial score (nSPS) is 19.5. The molecule has 2 rings (SSSR count). The number of hydrogen-bond donors (Lipinski definition) is 1. The van der Waals surface area contributed by atoms with E-state index in [9.17, 15) is 5.11 Å². The number of aliphatic hydroxyl groups excluding tert-OH is 1. The molecular weight excluding hydrogens is 208 g/mol. The fourth-order valence-corrected chi connectivity index (χ4v) is 2.80. The van der Waals surface area contributed by atoms with Crippen LogP contribution in [-0.2, 0) is 0 Å². The van der Waals surface area contributed by atoms with Gasteiger partial charge in [-0.05, 0) is 35.8 Å². The van der Waals surface area contributed by atoms with Gasteiger partial charge in [-0.2, -0.15) is 0 Å². The number of benzene rings is 1. The second-order valence-electron chi connectivity index (χ2n) is 5.66. The van der Waals surface area contributed by atoms with Crippen molar-refractivity contribution in [3.05, 3.63) is 35.4 Å². The zero-order valence-corrected chi connectivity index (χ0v) is 11.0. The van der Waals surface area contributed by atoms with Crippen molar-refractivity contribution in [2.75, 3.05) is 0 Å². The van der Waals surface area contributed by atoms with Crippen LogP contribution in [0.1, 0.15) is 69.1 Å². The molecule has 0 spiro atoms. The van der Waals surface area contributed by atoms with E-state index in [1.54, 1.807) is 0 Å². The van der Waals surface area contributed by atoms with Crippen LogP contribution in [0, 0.1) is 5.92 Å². The summed E-state index contributed by atoms with van der Waals surface area (Å²) >= 11 is 0. The number of aliphatic hydroxyl groups is 1. The summed E-state index contributed by atoms with van der Waals surface area (Å²) in [6.07, 6.45) is 6.03. The molecule has 1 aromatic carbocycles. The average molecular weight is 232 g/mol. The first-order valence-electron chi connectivity index (χ1n) is 6.96. The minimum Gasteiger partial charge on any atom is -0.388 e. The first-order chi connectivity index (χ1) is 8.18. The molecule has 0 bridgehead atoms. The topological polar surface area (TPSA) is 20.2 Å². The van der Waals surface area contributed by atoms with Gasteiger partial charge in [0.2, 0.25) is 0 Å². The summed E-state index contributed by atoms with van der Waals surface area (Å²) in [6.45, 7) is 4.40. The minimum absolute atomic E-state index is 0.253. The van der Waals surface area contributed by atoms with Crippen LogP contribution in [-0.4, -0.2) is 5.11 Å². The van der Waals surface area contributed by atoms with Gasteiger partial charge in [0.25, 0.3) is 0 Å². The van der Waals surface area contributed by atoms with Crippen molar-refractivity contribution in [1.82, 2.24) is 0 Å². The highest BCUT2D eigenvalue weighted by atomic mass is 16.3. The fourth-order valence-electron chi connectivity index (χ4n) is 2.80. The Morgan fingerprint density at radius 2 is 1.47 bits per heavy atom. The summed E-state index contributed by atoms with van der Waals surface area (Å²) in [6, 6.07) is 8.53. The molecule has 1 N–H and O–H groups in total. The van der Waals surface area contributed by atoms with Crippen molar-refractivity contribution < 1.29 is 5.11 Å². The monoisotopic (exact) mass is 232 g/mol.